The molecule has 6 heteroatoms. The van der Waals surface area contributed by atoms with E-state index in [9.17, 15) is 13.6 Å². The van der Waals surface area contributed by atoms with Crippen LogP contribution in [0.15, 0.2) is 0 Å². The monoisotopic (exact) mass is 216 g/mol. The van der Waals surface area contributed by atoms with Gasteiger partial charge in [0.15, 0.2) is 0 Å². The van der Waals surface area contributed by atoms with Crippen molar-refractivity contribution >= 4 is 59.6 Å². The first-order valence-corrected chi connectivity index (χ1v) is 2.04. The van der Waals surface area contributed by atoms with Crippen molar-refractivity contribution in [3.05, 3.63) is 0 Å². The molecule has 0 aliphatic rings. The van der Waals surface area contributed by atoms with Gasteiger partial charge in [0.1, 0.15) is 0 Å². The van der Waals surface area contributed by atoms with Crippen molar-refractivity contribution in [1.82, 2.24) is 0 Å². The molecule has 0 fully saturated rings. The van der Waals surface area contributed by atoms with Gasteiger partial charge in [-0.3, -0.25) is 0 Å². The zero-order valence-corrected chi connectivity index (χ0v) is 7.49. The van der Waals surface area contributed by atoms with E-state index in [2.05, 4.69) is 0 Å². The van der Waals surface area contributed by atoms with Crippen LogP contribution in [-0.2, 0) is 4.79 Å². The van der Waals surface area contributed by atoms with Gasteiger partial charge in [-0.2, -0.15) is 8.78 Å². The second kappa shape index (κ2) is 3.98. The molecule has 0 atom stereocenters. The number of halogens is 3. The van der Waals surface area contributed by atoms with Gasteiger partial charge in [-0.05, 0) is 0 Å². The Hall–Kier alpha value is 1.07. The molecule has 0 unspecified atom stereocenters. The number of rotatable bonds is 1. The normalized spacial score (nSPS) is 9.88. The molecule has 0 heterocycles. The summed E-state index contributed by atoms with van der Waals surface area (Å²) in [6.45, 7) is 0. The van der Waals surface area contributed by atoms with Crippen molar-refractivity contribution in [2.45, 2.75) is 4.83 Å². The Kier molecular flexibility index (Phi) is 5.88. The molecule has 0 radical (unpaired) electrons. The van der Waals surface area contributed by atoms with Crippen LogP contribution in [0, 0.1) is 0 Å². The number of hydrogen-bond donors (Lipinski definition) is 1. The molecular weight excluding hydrogens is 214 g/mol. The Bertz CT molecular complexity index is 97.7. The smallest absolute Gasteiger partial charge is 1.00 e. The molecule has 46 valence electrons. The van der Waals surface area contributed by atoms with Gasteiger partial charge in [-0.25, -0.2) is 4.79 Å². The Labute approximate surface area is 85.3 Å². The van der Waals surface area contributed by atoms with E-state index in [4.69, 9.17) is 5.11 Å². The summed E-state index contributed by atoms with van der Waals surface area (Å²) >= 11 is 1.61. The average Bonchev–Trinajstić information content (AvgIpc) is 1.31. The average molecular weight is 217 g/mol. The zero-order valence-electron chi connectivity index (χ0n) is 5.70. The summed E-state index contributed by atoms with van der Waals surface area (Å²) in [5.74, 6) is -2.17. The molecule has 0 amide bonds. The molecule has 0 saturated heterocycles. The summed E-state index contributed by atoms with van der Waals surface area (Å²) in [6.07, 6.45) is 0. The predicted molar refractivity (Wildman–Crippen MR) is 29.5 cm³/mol. The molecule has 0 rings (SSSR count). The summed E-state index contributed by atoms with van der Waals surface area (Å²) in [6, 6.07) is 0. The molecule has 0 aliphatic heterocycles. The Balaban J connectivity index is -0.0000000600. The van der Waals surface area contributed by atoms with Crippen molar-refractivity contribution in [2.75, 3.05) is 0 Å². The first-order chi connectivity index (χ1) is 2.94. The molecule has 0 spiro atoms. The van der Waals surface area contributed by atoms with Crippen LogP contribution in [0.25, 0.3) is 0 Å². The van der Waals surface area contributed by atoms with Gasteiger partial charge in [-0.1, -0.05) is 0 Å². The minimum Gasteiger partial charge on any atom is -1.00 e. The number of carbonyl (C=O) groups is 1. The van der Waals surface area contributed by atoms with Gasteiger partial charge in [0, 0.05) is 15.9 Å². The Morgan fingerprint density at radius 3 is 1.88 bits per heavy atom. The van der Waals surface area contributed by atoms with Gasteiger partial charge in [0.2, 0.25) is 0 Å². The van der Waals surface area contributed by atoms with Gasteiger partial charge in [0.25, 0.3) is 0 Å². The number of carboxylic acid groups (broad SMARTS) is 1. The van der Waals surface area contributed by atoms with E-state index >= 15 is 0 Å². The molecule has 0 bridgehead atoms. The third-order valence-electron chi connectivity index (χ3n) is 0.243. The van der Waals surface area contributed by atoms with Gasteiger partial charge >= 0.3 is 48.5 Å². The van der Waals surface area contributed by atoms with E-state index in [1.54, 1.807) is 15.9 Å². The molecule has 1 N–H and O–H groups in total. The zero-order chi connectivity index (χ0) is 6.08. The van der Waals surface area contributed by atoms with Crippen LogP contribution < -0.4 is 0 Å². The third-order valence-corrected chi connectivity index (χ3v) is 0.582. The minimum absolute atomic E-state index is 0. The second-order valence-electron chi connectivity index (χ2n) is 0.803. The Morgan fingerprint density at radius 2 is 1.88 bits per heavy atom. The quantitative estimate of drug-likeness (QED) is 0.523. The molecule has 0 aromatic carbocycles. The standard InChI is InChI=1S/C2HBrF2O2.Ca.2H/c3-2(4,5)1(6)7;;;/h(H,6,7);;;/q;+2;2*-1. The number of alkyl halides is 3. The first kappa shape index (κ1) is 11.8. The molecule has 0 aromatic heterocycles. The van der Waals surface area contributed by atoms with Gasteiger partial charge in [-0.15, -0.1) is 0 Å². The topological polar surface area (TPSA) is 37.3 Å². The Morgan fingerprint density at radius 1 is 1.75 bits per heavy atom. The molecule has 0 aliphatic carbocycles. The van der Waals surface area contributed by atoms with Crippen LogP contribution in [0.2, 0.25) is 0 Å². The van der Waals surface area contributed by atoms with Crippen LogP contribution in [-0.4, -0.2) is 53.6 Å². The molecular formula is C2H3BrCaF2O2. The predicted octanol–water partition coefficient (Wildman–Crippen LogP) is 0.903. The van der Waals surface area contributed by atoms with Crippen molar-refractivity contribution < 1.29 is 21.5 Å². The SMILES string of the molecule is O=C(O)C(F)(F)Br.[Ca+2].[H-].[H-]. The fourth-order valence-corrected chi connectivity index (χ4v) is 0. The third kappa shape index (κ3) is 5.21. The molecule has 0 saturated carbocycles. The number of carboxylic acids is 1. The van der Waals surface area contributed by atoms with Crippen LogP contribution in [0.3, 0.4) is 0 Å². The second-order valence-corrected chi connectivity index (χ2v) is 1.80. The van der Waals surface area contributed by atoms with Crippen LogP contribution in [0.5, 0.6) is 0 Å². The number of aliphatic carboxylic acids is 1. The fraction of sp³-hybridized carbons (Fsp3) is 0.500. The van der Waals surface area contributed by atoms with Crippen molar-refractivity contribution in [2.24, 2.45) is 0 Å². The minimum atomic E-state index is -3.77. The van der Waals surface area contributed by atoms with E-state index in [0.29, 0.717) is 0 Å². The fourth-order valence-electron chi connectivity index (χ4n) is 0. The summed E-state index contributed by atoms with van der Waals surface area (Å²) in [4.78, 5) is 5.45. The first-order valence-electron chi connectivity index (χ1n) is 1.24. The summed E-state index contributed by atoms with van der Waals surface area (Å²) in [5, 5.41) is 7.45. The molecule has 8 heavy (non-hydrogen) atoms. The van der Waals surface area contributed by atoms with Gasteiger partial charge < -0.3 is 7.96 Å². The largest absolute Gasteiger partial charge is 2.00 e. The van der Waals surface area contributed by atoms with E-state index in [1.165, 1.54) is 0 Å². The maximum absolute atomic E-state index is 11.2. The maximum Gasteiger partial charge on any atom is 2.00 e. The van der Waals surface area contributed by atoms with Gasteiger partial charge in [0.05, 0.1) is 0 Å². The van der Waals surface area contributed by atoms with Crippen molar-refractivity contribution in [3.8, 4) is 0 Å². The summed E-state index contributed by atoms with van der Waals surface area (Å²) in [5.41, 5.74) is 0. The van der Waals surface area contributed by atoms with E-state index < -0.39 is 10.8 Å². The van der Waals surface area contributed by atoms with Crippen molar-refractivity contribution in [1.29, 1.82) is 0 Å². The maximum atomic E-state index is 11.2. The van der Waals surface area contributed by atoms with Crippen LogP contribution in [0.4, 0.5) is 8.78 Å². The van der Waals surface area contributed by atoms with E-state index in [1.807, 2.05) is 0 Å². The number of hydrogen-bond acceptors (Lipinski definition) is 1. The molecule has 0 aromatic rings. The summed E-state index contributed by atoms with van der Waals surface area (Å²) < 4.78 is 22.3. The molecule has 2 nitrogen and oxygen atoms in total. The van der Waals surface area contributed by atoms with Crippen LogP contribution in [0.1, 0.15) is 2.85 Å². The van der Waals surface area contributed by atoms with E-state index in [-0.39, 0.29) is 40.6 Å². The summed E-state index contributed by atoms with van der Waals surface area (Å²) in [7, 11) is 0. The van der Waals surface area contributed by atoms with Crippen molar-refractivity contribution in [3.63, 3.8) is 0 Å². The van der Waals surface area contributed by atoms with Crippen LogP contribution >= 0.6 is 15.9 Å². The van der Waals surface area contributed by atoms with E-state index in [0.717, 1.165) is 0 Å².